The Morgan fingerprint density at radius 3 is 2.59 bits per heavy atom. The maximum atomic E-state index is 13.1. The molecule has 0 radical (unpaired) electrons. The number of hydrogen-bond donors (Lipinski definition) is 2. The van der Waals surface area contributed by atoms with Crippen molar-refractivity contribution in [2.24, 2.45) is 0 Å². The van der Waals surface area contributed by atoms with E-state index in [0.29, 0.717) is 12.0 Å². The van der Waals surface area contributed by atoms with E-state index in [9.17, 15) is 18.0 Å². The SMILES string of the molecule is Cc1ccc(C(=O)Nc2cc(N)cc(C(F)(F)F)c2)cc1Cc1ncccc1-c1ccncn1. The van der Waals surface area contributed by atoms with Crippen molar-refractivity contribution in [2.45, 2.75) is 19.5 Å². The van der Waals surface area contributed by atoms with E-state index < -0.39 is 17.6 Å². The molecule has 4 rings (SSSR count). The number of nitrogens with one attached hydrogen (secondary N) is 1. The summed E-state index contributed by atoms with van der Waals surface area (Å²) < 4.78 is 39.3. The molecule has 34 heavy (non-hydrogen) atoms. The van der Waals surface area contributed by atoms with Crippen molar-refractivity contribution in [1.29, 1.82) is 0 Å². The highest BCUT2D eigenvalue weighted by atomic mass is 19.4. The number of amides is 1. The molecule has 0 spiro atoms. The molecule has 0 aliphatic rings. The van der Waals surface area contributed by atoms with E-state index in [-0.39, 0.29) is 11.4 Å². The lowest BCUT2D eigenvalue weighted by atomic mass is 9.97. The summed E-state index contributed by atoms with van der Waals surface area (Å²) in [7, 11) is 0. The number of rotatable bonds is 5. The molecule has 0 fully saturated rings. The van der Waals surface area contributed by atoms with Gasteiger partial charge in [-0.15, -0.1) is 0 Å². The van der Waals surface area contributed by atoms with Gasteiger partial charge in [-0.25, -0.2) is 9.97 Å². The maximum Gasteiger partial charge on any atom is 0.416 e. The quantitative estimate of drug-likeness (QED) is 0.392. The highest BCUT2D eigenvalue weighted by Crippen LogP contribution is 2.33. The van der Waals surface area contributed by atoms with Crippen LogP contribution in [0.25, 0.3) is 11.3 Å². The van der Waals surface area contributed by atoms with Crippen molar-refractivity contribution in [1.82, 2.24) is 15.0 Å². The summed E-state index contributed by atoms with van der Waals surface area (Å²) in [6, 6.07) is 13.6. The summed E-state index contributed by atoms with van der Waals surface area (Å²) >= 11 is 0. The minimum Gasteiger partial charge on any atom is -0.399 e. The molecule has 0 bridgehead atoms. The van der Waals surface area contributed by atoms with Crippen LogP contribution in [0.3, 0.4) is 0 Å². The molecular weight excluding hydrogens is 443 g/mol. The van der Waals surface area contributed by atoms with Crippen LogP contribution in [0, 0.1) is 6.92 Å². The molecule has 0 aliphatic heterocycles. The fourth-order valence-electron chi connectivity index (χ4n) is 3.54. The summed E-state index contributed by atoms with van der Waals surface area (Å²) in [5.41, 5.74) is 8.98. The third-order valence-corrected chi connectivity index (χ3v) is 5.26. The van der Waals surface area contributed by atoms with Crippen LogP contribution in [0.5, 0.6) is 0 Å². The van der Waals surface area contributed by atoms with E-state index in [1.807, 2.05) is 19.1 Å². The van der Waals surface area contributed by atoms with Crippen LogP contribution >= 0.6 is 0 Å². The van der Waals surface area contributed by atoms with Gasteiger partial charge in [0.1, 0.15) is 6.33 Å². The molecule has 1 amide bonds. The highest BCUT2D eigenvalue weighted by Gasteiger charge is 2.31. The second kappa shape index (κ2) is 9.30. The molecule has 2 aromatic carbocycles. The van der Waals surface area contributed by atoms with Gasteiger partial charge in [-0.2, -0.15) is 13.2 Å². The van der Waals surface area contributed by atoms with Gasteiger partial charge in [0.25, 0.3) is 5.91 Å². The van der Waals surface area contributed by atoms with Gasteiger partial charge in [0, 0.05) is 41.3 Å². The van der Waals surface area contributed by atoms with Gasteiger partial charge in [0.05, 0.1) is 17.0 Å². The number of carbonyl (C=O) groups excluding carboxylic acids is 1. The number of hydrogen-bond acceptors (Lipinski definition) is 5. The van der Waals surface area contributed by atoms with Crippen LogP contribution in [0.1, 0.15) is 32.7 Å². The molecule has 172 valence electrons. The smallest absolute Gasteiger partial charge is 0.399 e. The number of benzene rings is 2. The van der Waals surface area contributed by atoms with E-state index >= 15 is 0 Å². The van der Waals surface area contributed by atoms with Gasteiger partial charge in [0.15, 0.2) is 0 Å². The molecule has 2 aromatic heterocycles. The topological polar surface area (TPSA) is 93.8 Å². The highest BCUT2D eigenvalue weighted by molar-refractivity contribution is 6.04. The van der Waals surface area contributed by atoms with Gasteiger partial charge in [0.2, 0.25) is 0 Å². The Balaban J connectivity index is 1.61. The summed E-state index contributed by atoms with van der Waals surface area (Å²) in [5, 5.41) is 2.51. The molecule has 2 heterocycles. The number of carbonyl (C=O) groups is 1. The number of alkyl halides is 3. The Hall–Kier alpha value is -4.27. The lowest BCUT2D eigenvalue weighted by Gasteiger charge is -2.13. The lowest BCUT2D eigenvalue weighted by Crippen LogP contribution is -2.14. The molecule has 0 aliphatic carbocycles. The minimum atomic E-state index is -4.57. The molecule has 4 aromatic rings. The van der Waals surface area contributed by atoms with Crippen LogP contribution < -0.4 is 11.1 Å². The second-order valence-electron chi connectivity index (χ2n) is 7.71. The molecule has 3 N–H and O–H groups in total. The van der Waals surface area contributed by atoms with Crippen molar-refractivity contribution in [3.63, 3.8) is 0 Å². The zero-order valence-corrected chi connectivity index (χ0v) is 18.1. The van der Waals surface area contributed by atoms with E-state index in [2.05, 4.69) is 20.3 Å². The van der Waals surface area contributed by atoms with Gasteiger partial charge in [-0.05, 0) is 66.6 Å². The normalized spacial score (nSPS) is 11.3. The third kappa shape index (κ3) is 5.20. The standard InChI is InChI=1S/C25H20F3N5O/c1-15-4-5-16(24(34)33-20-12-18(25(26,27)28)11-19(29)13-20)9-17(15)10-23-21(3-2-7-31-23)22-6-8-30-14-32-22/h2-9,11-14H,10,29H2,1H3,(H,33,34). The van der Waals surface area contributed by atoms with Crippen LogP contribution in [0.15, 0.2) is 73.3 Å². The molecule has 0 saturated carbocycles. The molecule has 6 nitrogen and oxygen atoms in total. The Kier molecular flexibility index (Phi) is 6.27. The number of aryl methyl sites for hydroxylation is 1. The van der Waals surface area contributed by atoms with Gasteiger partial charge in [-0.1, -0.05) is 6.07 Å². The molecule has 0 saturated heterocycles. The first kappa shape index (κ1) is 22.9. The lowest BCUT2D eigenvalue weighted by molar-refractivity contribution is -0.137. The first-order chi connectivity index (χ1) is 16.2. The fourth-order valence-corrected chi connectivity index (χ4v) is 3.54. The average Bonchev–Trinajstić information content (AvgIpc) is 2.80. The first-order valence-corrected chi connectivity index (χ1v) is 10.3. The first-order valence-electron chi connectivity index (χ1n) is 10.3. The maximum absolute atomic E-state index is 13.1. The Morgan fingerprint density at radius 1 is 1.03 bits per heavy atom. The average molecular weight is 463 g/mol. The van der Waals surface area contributed by atoms with Gasteiger partial charge in [-0.3, -0.25) is 9.78 Å². The van der Waals surface area contributed by atoms with Crippen molar-refractivity contribution >= 4 is 17.3 Å². The summed E-state index contributed by atoms with van der Waals surface area (Å²) in [5.74, 6) is -0.544. The zero-order valence-electron chi connectivity index (χ0n) is 18.1. The van der Waals surface area contributed by atoms with E-state index in [4.69, 9.17) is 5.73 Å². The predicted molar refractivity (Wildman–Crippen MR) is 123 cm³/mol. The van der Waals surface area contributed by atoms with Gasteiger partial charge < -0.3 is 11.1 Å². The summed E-state index contributed by atoms with van der Waals surface area (Å²) in [6.45, 7) is 1.91. The number of nitrogen functional groups attached to an aromatic ring is 1. The Morgan fingerprint density at radius 2 is 1.85 bits per heavy atom. The number of anilines is 2. The minimum absolute atomic E-state index is 0.0322. The van der Waals surface area contributed by atoms with Crippen LogP contribution in [-0.4, -0.2) is 20.9 Å². The largest absolute Gasteiger partial charge is 0.416 e. The molecule has 0 unspecified atom stereocenters. The predicted octanol–water partition coefficient (Wildman–Crippen LogP) is 5.29. The zero-order chi connectivity index (χ0) is 24.3. The number of pyridine rings is 1. The number of aromatic nitrogens is 3. The van der Waals surface area contributed by atoms with Crippen LogP contribution in [0.4, 0.5) is 24.5 Å². The van der Waals surface area contributed by atoms with Crippen molar-refractivity contribution < 1.29 is 18.0 Å². The van der Waals surface area contributed by atoms with E-state index in [0.717, 1.165) is 40.2 Å². The van der Waals surface area contributed by atoms with Crippen molar-refractivity contribution in [3.8, 4) is 11.3 Å². The van der Waals surface area contributed by atoms with Gasteiger partial charge >= 0.3 is 6.18 Å². The van der Waals surface area contributed by atoms with Crippen LogP contribution in [0.2, 0.25) is 0 Å². The number of nitrogens with two attached hydrogens (primary N) is 1. The fraction of sp³-hybridized carbons (Fsp3) is 0.120. The summed E-state index contributed by atoms with van der Waals surface area (Å²) in [6.07, 6.45) is 0.655. The number of nitrogens with zero attached hydrogens (tertiary/aromatic N) is 3. The monoisotopic (exact) mass is 463 g/mol. The van der Waals surface area contributed by atoms with E-state index in [1.54, 1.807) is 36.7 Å². The van der Waals surface area contributed by atoms with Crippen molar-refractivity contribution in [2.75, 3.05) is 11.1 Å². The molecule has 0 atom stereocenters. The number of halogens is 3. The third-order valence-electron chi connectivity index (χ3n) is 5.26. The Bertz CT molecular complexity index is 1340. The van der Waals surface area contributed by atoms with E-state index in [1.165, 1.54) is 12.4 Å². The Labute approximate surface area is 193 Å². The summed E-state index contributed by atoms with van der Waals surface area (Å²) in [4.78, 5) is 25.6. The molecular formula is C25H20F3N5O. The molecule has 9 heteroatoms. The van der Waals surface area contributed by atoms with Crippen LogP contribution in [-0.2, 0) is 12.6 Å². The second-order valence-corrected chi connectivity index (χ2v) is 7.71. The van der Waals surface area contributed by atoms with Crippen molar-refractivity contribution in [3.05, 3.63) is 101 Å².